The molecule has 0 unspecified atom stereocenters. The summed E-state index contributed by atoms with van der Waals surface area (Å²) in [5.41, 5.74) is 8.36. The minimum Gasteiger partial charge on any atom is -0.465 e. The Morgan fingerprint density at radius 2 is 2.06 bits per heavy atom. The summed E-state index contributed by atoms with van der Waals surface area (Å²) in [7, 11) is 0. The number of fused-ring (bicyclic) bond motifs is 1. The highest BCUT2D eigenvalue weighted by molar-refractivity contribution is 6.07. The van der Waals surface area contributed by atoms with Crippen molar-refractivity contribution in [3.8, 4) is 0 Å². The zero-order valence-corrected chi connectivity index (χ0v) is 20.3. The Morgan fingerprint density at radius 3 is 2.71 bits per heavy atom. The van der Waals surface area contributed by atoms with Crippen LogP contribution in [-0.4, -0.2) is 52.1 Å². The van der Waals surface area contributed by atoms with E-state index in [2.05, 4.69) is 25.9 Å². The molecule has 2 aliphatic rings. The van der Waals surface area contributed by atoms with Crippen LogP contribution in [0.25, 0.3) is 0 Å². The van der Waals surface area contributed by atoms with E-state index in [1.54, 1.807) is 0 Å². The number of rotatable bonds is 6. The number of hydrogen-bond donors (Lipinski definition) is 5. The quantitative estimate of drug-likeness (QED) is 0.420. The molecule has 11 heteroatoms. The number of carboxylic acid groups (broad SMARTS) is 1. The highest BCUT2D eigenvalue weighted by Gasteiger charge is 2.40. The van der Waals surface area contributed by atoms with E-state index in [4.69, 9.17) is 10.8 Å². The van der Waals surface area contributed by atoms with E-state index in [1.807, 2.05) is 44.7 Å². The van der Waals surface area contributed by atoms with Gasteiger partial charge in [0.15, 0.2) is 0 Å². The van der Waals surface area contributed by atoms with Crippen molar-refractivity contribution < 1.29 is 19.5 Å². The summed E-state index contributed by atoms with van der Waals surface area (Å²) in [6.07, 6.45) is 1.81. The lowest BCUT2D eigenvalue weighted by atomic mass is 9.84. The fraction of sp³-hybridized carbons (Fsp3) is 0.458. The van der Waals surface area contributed by atoms with Crippen molar-refractivity contribution in [2.24, 2.45) is 5.73 Å². The molecule has 0 spiro atoms. The summed E-state index contributed by atoms with van der Waals surface area (Å²) in [6.45, 7) is 8.92. The predicted octanol–water partition coefficient (Wildman–Crippen LogP) is 2.91. The van der Waals surface area contributed by atoms with Gasteiger partial charge in [0.25, 0.3) is 5.91 Å². The number of hydrogen-bond acceptors (Lipinski definition) is 7. The van der Waals surface area contributed by atoms with Crippen LogP contribution in [0.3, 0.4) is 0 Å². The Bertz CT molecular complexity index is 1190. The smallest absolute Gasteiger partial charge is 0.404 e. The molecule has 4 rings (SSSR count). The minimum atomic E-state index is -1.07. The first-order chi connectivity index (χ1) is 16.5. The van der Waals surface area contributed by atoms with E-state index in [0.717, 1.165) is 29.7 Å². The van der Waals surface area contributed by atoms with Crippen LogP contribution in [0.2, 0.25) is 0 Å². The second kappa shape index (κ2) is 9.05. The van der Waals surface area contributed by atoms with Crippen LogP contribution in [0.15, 0.2) is 18.3 Å². The largest absolute Gasteiger partial charge is 0.465 e. The van der Waals surface area contributed by atoms with Crippen LogP contribution >= 0.6 is 0 Å². The van der Waals surface area contributed by atoms with Crippen molar-refractivity contribution in [3.05, 3.63) is 35.0 Å². The standard InChI is InChI=1S/C24H31N7O4/c1-12(2)15-8-14(9-17-18(15)29-21(33)24(17,3)4)27-20-16(19(25)32)10-26-22(30-20)31-7-5-6-13(11-31)28-23(34)35/h8-10,12-13,28H,5-7,11H2,1-4H3,(H2,25,32)(H,29,33)(H,34,35)(H,26,27,30)/t13-/m0/s1. The van der Waals surface area contributed by atoms with Gasteiger partial charge in [-0.1, -0.05) is 13.8 Å². The topological polar surface area (TPSA) is 163 Å². The van der Waals surface area contributed by atoms with Gasteiger partial charge < -0.3 is 31.7 Å². The third-order valence-electron chi connectivity index (χ3n) is 6.61. The van der Waals surface area contributed by atoms with E-state index >= 15 is 0 Å². The molecule has 0 saturated carbocycles. The molecule has 1 aromatic heterocycles. The van der Waals surface area contributed by atoms with E-state index in [9.17, 15) is 14.4 Å². The van der Waals surface area contributed by atoms with E-state index in [0.29, 0.717) is 24.7 Å². The molecule has 35 heavy (non-hydrogen) atoms. The third-order valence-corrected chi connectivity index (χ3v) is 6.61. The molecule has 3 amide bonds. The zero-order chi connectivity index (χ0) is 25.5. The summed E-state index contributed by atoms with van der Waals surface area (Å²) in [5.74, 6) is 0.0227. The summed E-state index contributed by atoms with van der Waals surface area (Å²) >= 11 is 0. The molecule has 1 atom stereocenters. The van der Waals surface area contributed by atoms with Crippen molar-refractivity contribution >= 4 is 41.0 Å². The second-order valence-corrected chi connectivity index (χ2v) is 9.88. The highest BCUT2D eigenvalue weighted by atomic mass is 16.4. The van der Waals surface area contributed by atoms with Crippen LogP contribution < -0.4 is 26.6 Å². The van der Waals surface area contributed by atoms with E-state index in [1.165, 1.54) is 6.20 Å². The molecule has 11 nitrogen and oxygen atoms in total. The van der Waals surface area contributed by atoms with Gasteiger partial charge in [0, 0.05) is 36.7 Å². The molecule has 2 aromatic rings. The lowest BCUT2D eigenvalue weighted by Gasteiger charge is -2.32. The lowest BCUT2D eigenvalue weighted by Crippen LogP contribution is -2.48. The van der Waals surface area contributed by atoms with Gasteiger partial charge in [-0.15, -0.1) is 0 Å². The summed E-state index contributed by atoms with van der Waals surface area (Å²) in [4.78, 5) is 46.6. The maximum atomic E-state index is 12.6. The third kappa shape index (κ3) is 4.71. The summed E-state index contributed by atoms with van der Waals surface area (Å²) in [6, 6.07) is 3.58. The van der Waals surface area contributed by atoms with Gasteiger partial charge in [-0.3, -0.25) is 9.59 Å². The average Bonchev–Trinajstić information content (AvgIpc) is 3.01. The molecule has 186 valence electrons. The molecular weight excluding hydrogens is 450 g/mol. The van der Waals surface area contributed by atoms with Crippen molar-refractivity contribution in [1.29, 1.82) is 0 Å². The number of carbonyl (C=O) groups is 3. The number of amides is 3. The Balaban J connectivity index is 1.71. The number of piperidine rings is 1. The van der Waals surface area contributed by atoms with Crippen LogP contribution in [0, 0.1) is 0 Å². The van der Waals surface area contributed by atoms with Crippen LogP contribution in [0.1, 0.15) is 67.9 Å². The first-order valence-electron chi connectivity index (χ1n) is 11.7. The number of nitrogens with zero attached hydrogens (tertiary/aromatic N) is 3. The Labute approximate surface area is 203 Å². The number of benzene rings is 1. The monoisotopic (exact) mass is 481 g/mol. The molecule has 2 aliphatic heterocycles. The highest BCUT2D eigenvalue weighted by Crippen LogP contribution is 2.44. The Kier molecular flexibility index (Phi) is 6.27. The first kappa shape index (κ1) is 24.2. The molecule has 0 bridgehead atoms. The van der Waals surface area contributed by atoms with Crippen LogP contribution in [-0.2, 0) is 10.2 Å². The van der Waals surface area contributed by atoms with Gasteiger partial charge in [0.05, 0.1) is 5.41 Å². The van der Waals surface area contributed by atoms with E-state index < -0.39 is 17.4 Å². The van der Waals surface area contributed by atoms with E-state index in [-0.39, 0.29) is 29.2 Å². The minimum absolute atomic E-state index is 0.0664. The van der Waals surface area contributed by atoms with Crippen molar-refractivity contribution in [2.75, 3.05) is 28.6 Å². The second-order valence-electron chi connectivity index (χ2n) is 9.88. The maximum absolute atomic E-state index is 12.6. The van der Waals surface area contributed by atoms with Crippen molar-refractivity contribution in [2.45, 2.75) is 57.9 Å². The number of anilines is 4. The van der Waals surface area contributed by atoms with Gasteiger partial charge in [-0.2, -0.15) is 4.98 Å². The number of primary amides is 1. The maximum Gasteiger partial charge on any atom is 0.404 e. The average molecular weight is 482 g/mol. The Hall–Kier alpha value is -3.89. The molecule has 1 fully saturated rings. The van der Waals surface area contributed by atoms with Crippen LogP contribution in [0.5, 0.6) is 0 Å². The van der Waals surface area contributed by atoms with Crippen molar-refractivity contribution in [1.82, 2.24) is 15.3 Å². The first-order valence-corrected chi connectivity index (χ1v) is 11.7. The fourth-order valence-corrected chi connectivity index (χ4v) is 4.61. The number of nitrogens with one attached hydrogen (secondary N) is 3. The normalized spacial score (nSPS) is 18.7. The molecule has 0 radical (unpaired) electrons. The van der Waals surface area contributed by atoms with Crippen LogP contribution in [0.4, 0.5) is 27.9 Å². The fourth-order valence-electron chi connectivity index (χ4n) is 4.61. The molecular formula is C24H31N7O4. The van der Waals surface area contributed by atoms with Gasteiger partial charge in [0.2, 0.25) is 11.9 Å². The number of aromatic nitrogens is 2. The SMILES string of the molecule is CC(C)c1cc(Nc2nc(N3CCC[C@H](NC(=O)O)C3)ncc2C(N)=O)cc2c1NC(=O)C2(C)C. The molecule has 3 heterocycles. The predicted molar refractivity (Wildman–Crippen MR) is 132 cm³/mol. The molecule has 1 saturated heterocycles. The van der Waals surface area contributed by atoms with Gasteiger partial charge in [-0.05, 0) is 55.9 Å². The number of carbonyl (C=O) groups excluding carboxylic acids is 2. The summed E-state index contributed by atoms with van der Waals surface area (Å²) in [5, 5.41) is 17.8. The van der Waals surface area contributed by atoms with Gasteiger partial charge in [-0.25, -0.2) is 9.78 Å². The van der Waals surface area contributed by atoms with Gasteiger partial charge >= 0.3 is 6.09 Å². The summed E-state index contributed by atoms with van der Waals surface area (Å²) < 4.78 is 0. The molecule has 1 aromatic carbocycles. The Morgan fingerprint density at radius 1 is 1.31 bits per heavy atom. The molecule has 6 N–H and O–H groups in total. The lowest BCUT2D eigenvalue weighted by molar-refractivity contribution is -0.119. The number of nitrogens with two attached hydrogens (primary N) is 1. The van der Waals surface area contributed by atoms with Crippen molar-refractivity contribution in [3.63, 3.8) is 0 Å². The molecule has 0 aliphatic carbocycles. The van der Waals surface area contributed by atoms with Gasteiger partial charge in [0.1, 0.15) is 11.4 Å². The zero-order valence-electron chi connectivity index (χ0n) is 20.3.